The zero-order valence-electron chi connectivity index (χ0n) is 15.6. The second-order valence-electron chi connectivity index (χ2n) is 7.59. The smallest absolute Gasteiger partial charge is 0.175 e. The van der Waals surface area contributed by atoms with Gasteiger partial charge < -0.3 is 9.53 Å². The summed E-state index contributed by atoms with van der Waals surface area (Å²) in [4.78, 5) is 14.1. The quantitative estimate of drug-likeness (QED) is 0.709. The van der Waals surface area contributed by atoms with Crippen LogP contribution in [-0.4, -0.2) is 38.9 Å². The highest BCUT2D eigenvalue weighted by Crippen LogP contribution is 2.49. The Bertz CT molecular complexity index is 996. The van der Waals surface area contributed by atoms with Crippen LogP contribution in [0.3, 0.4) is 0 Å². The molecule has 1 unspecified atom stereocenters. The Morgan fingerprint density at radius 3 is 2.46 bits per heavy atom. The number of ether oxygens (including phenoxy) is 1. The summed E-state index contributed by atoms with van der Waals surface area (Å²) in [6.45, 7) is 2.40. The van der Waals surface area contributed by atoms with Gasteiger partial charge in [-0.1, -0.05) is 29.8 Å². The van der Waals surface area contributed by atoms with Crippen LogP contribution in [0, 0.1) is 0 Å². The van der Waals surface area contributed by atoms with Gasteiger partial charge >= 0.3 is 0 Å². The summed E-state index contributed by atoms with van der Waals surface area (Å²) in [6, 6.07) is 12.7. The van der Waals surface area contributed by atoms with E-state index < -0.39 is 21.5 Å². The first-order valence-electron chi connectivity index (χ1n) is 9.25. The Kier molecular flexibility index (Phi) is 5.08. The fourth-order valence-electron chi connectivity index (χ4n) is 4.20. The fourth-order valence-corrected chi connectivity index (χ4v) is 5.00. The lowest BCUT2D eigenvalue weighted by atomic mass is 9.83. The lowest BCUT2D eigenvalue weighted by molar-refractivity contribution is -0.137. The van der Waals surface area contributed by atoms with Gasteiger partial charge in [0.05, 0.1) is 10.5 Å². The topological polar surface area (TPSA) is 63.7 Å². The maximum absolute atomic E-state index is 11.6. The van der Waals surface area contributed by atoms with Gasteiger partial charge in [0.2, 0.25) is 0 Å². The van der Waals surface area contributed by atoms with E-state index in [4.69, 9.17) is 16.3 Å². The Morgan fingerprint density at radius 2 is 1.86 bits per heavy atom. The van der Waals surface area contributed by atoms with Crippen LogP contribution in [0.15, 0.2) is 47.4 Å². The molecule has 4 rings (SSSR count). The summed E-state index contributed by atoms with van der Waals surface area (Å²) < 4.78 is 29.4. The van der Waals surface area contributed by atoms with Crippen LogP contribution in [-0.2, 0) is 31.5 Å². The Balaban J connectivity index is 1.47. The SMILES string of the molecule is CS(=O)(=O)c1ccc(CN2CCC3(CC2)OC(C=O)c2ccc(Cl)cc23)cc1. The van der Waals surface area contributed by atoms with Gasteiger partial charge in [0.1, 0.15) is 6.10 Å². The zero-order valence-corrected chi connectivity index (χ0v) is 17.2. The van der Waals surface area contributed by atoms with E-state index in [-0.39, 0.29) is 0 Å². The third-order valence-corrected chi connectivity index (χ3v) is 7.07. The first-order valence-corrected chi connectivity index (χ1v) is 11.5. The maximum Gasteiger partial charge on any atom is 0.175 e. The molecule has 0 amide bonds. The van der Waals surface area contributed by atoms with E-state index in [0.717, 1.165) is 55.5 Å². The van der Waals surface area contributed by atoms with Crippen LogP contribution in [0.25, 0.3) is 0 Å². The van der Waals surface area contributed by atoms with Gasteiger partial charge in [0.25, 0.3) is 0 Å². The Hall–Kier alpha value is -1.73. The van der Waals surface area contributed by atoms with Gasteiger partial charge in [-0.15, -0.1) is 0 Å². The molecule has 0 aromatic heterocycles. The number of likely N-dealkylation sites (tertiary alicyclic amines) is 1. The van der Waals surface area contributed by atoms with E-state index in [9.17, 15) is 13.2 Å². The molecule has 2 aromatic carbocycles. The number of carbonyl (C=O) groups is 1. The number of halogens is 1. The molecule has 2 aliphatic rings. The molecule has 2 aromatic rings. The number of benzene rings is 2. The average Bonchev–Trinajstić information content (AvgIpc) is 2.96. The molecule has 7 heteroatoms. The predicted molar refractivity (Wildman–Crippen MR) is 107 cm³/mol. The molecule has 0 saturated carbocycles. The number of sulfone groups is 1. The normalized spacial score (nSPS) is 21.6. The molecule has 148 valence electrons. The first kappa shape index (κ1) is 19.6. The van der Waals surface area contributed by atoms with Crippen LogP contribution in [0.2, 0.25) is 5.02 Å². The molecule has 0 aliphatic carbocycles. The molecule has 2 aliphatic heterocycles. The molecule has 0 radical (unpaired) electrons. The molecule has 0 N–H and O–H groups in total. The molecule has 1 spiro atoms. The number of carbonyl (C=O) groups excluding carboxylic acids is 1. The minimum Gasteiger partial charge on any atom is -0.355 e. The molecule has 1 saturated heterocycles. The van der Waals surface area contributed by atoms with E-state index in [1.165, 1.54) is 6.26 Å². The summed E-state index contributed by atoms with van der Waals surface area (Å²) >= 11 is 6.20. The lowest BCUT2D eigenvalue weighted by Crippen LogP contribution is -2.42. The molecule has 2 heterocycles. The molecule has 0 bridgehead atoms. The number of rotatable bonds is 4. The fraction of sp³-hybridized carbons (Fsp3) is 0.381. The van der Waals surface area contributed by atoms with E-state index in [1.807, 2.05) is 24.3 Å². The average molecular weight is 420 g/mol. The van der Waals surface area contributed by atoms with E-state index >= 15 is 0 Å². The molecule has 28 heavy (non-hydrogen) atoms. The van der Waals surface area contributed by atoms with Crippen LogP contribution >= 0.6 is 11.6 Å². The van der Waals surface area contributed by atoms with Crippen molar-refractivity contribution in [2.45, 2.75) is 36.0 Å². The number of fused-ring (bicyclic) bond motifs is 2. The molecular formula is C21H22ClNO4S. The largest absolute Gasteiger partial charge is 0.355 e. The number of nitrogens with zero attached hydrogens (tertiary/aromatic N) is 1. The van der Waals surface area contributed by atoms with Crippen molar-refractivity contribution in [2.75, 3.05) is 19.3 Å². The van der Waals surface area contributed by atoms with E-state index in [1.54, 1.807) is 18.2 Å². The van der Waals surface area contributed by atoms with Crippen molar-refractivity contribution in [3.8, 4) is 0 Å². The zero-order chi connectivity index (χ0) is 19.9. The van der Waals surface area contributed by atoms with Gasteiger partial charge in [0.15, 0.2) is 16.1 Å². The van der Waals surface area contributed by atoms with Gasteiger partial charge in [-0.05, 0) is 53.8 Å². The highest BCUT2D eigenvalue weighted by atomic mass is 35.5. The third kappa shape index (κ3) is 3.62. The summed E-state index contributed by atoms with van der Waals surface area (Å²) in [5.74, 6) is 0. The summed E-state index contributed by atoms with van der Waals surface area (Å²) in [6.07, 6.45) is 3.11. The third-order valence-electron chi connectivity index (χ3n) is 5.71. The second kappa shape index (κ2) is 7.26. The monoisotopic (exact) mass is 419 g/mol. The van der Waals surface area contributed by atoms with Crippen LogP contribution in [0.5, 0.6) is 0 Å². The first-order chi connectivity index (χ1) is 13.3. The van der Waals surface area contributed by atoms with Crippen LogP contribution in [0.1, 0.15) is 35.6 Å². The standard InChI is InChI=1S/C21H22ClNO4S/c1-28(25,26)17-5-2-15(3-6-17)13-23-10-8-21(9-11-23)19-12-16(22)4-7-18(19)20(14-24)27-21/h2-7,12,14,20H,8-11,13H2,1H3. The second-order valence-corrected chi connectivity index (χ2v) is 10.0. The van der Waals surface area contributed by atoms with Gasteiger partial charge in [-0.3, -0.25) is 4.90 Å². The minimum atomic E-state index is -3.18. The van der Waals surface area contributed by atoms with Crippen LogP contribution in [0.4, 0.5) is 0 Å². The minimum absolute atomic E-state index is 0.335. The molecule has 1 atom stereocenters. The number of hydrogen-bond acceptors (Lipinski definition) is 5. The summed E-state index contributed by atoms with van der Waals surface area (Å²) in [7, 11) is -3.18. The lowest BCUT2D eigenvalue weighted by Gasteiger charge is -2.39. The van der Waals surface area contributed by atoms with Gasteiger partial charge in [-0.25, -0.2) is 8.42 Å². The molecule has 5 nitrogen and oxygen atoms in total. The highest BCUT2D eigenvalue weighted by Gasteiger charge is 2.46. The van der Waals surface area contributed by atoms with Crippen molar-refractivity contribution in [3.63, 3.8) is 0 Å². The maximum atomic E-state index is 11.6. The van der Waals surface area contributed by atoms with Crippen molar-refractivity contribution in [1.82, 2.24) is 4.90 Å². The van der Waals surface area contributed by atoms with Crippen molar-refractivity contribution < 1.29 is 17.9 Å². The summed E-state index contributed by atoms with van der Waals surface area (Å²) in [5.41, 5.74) is 2.58. The van der Waals surface area contributed by atoms with E-state index in [0.29, 0.717) is 9.92 Å². The number of piperidine rings is 1. The number of aldehydes is 1. The van der Waals surface area contributed by atoms with Crippen molar-refractivity contribution >= 4 is 27.7 Å². The van der Waals surface area contributed by atoms with Crippen LogP contribution < -0.4 is 0 Å². The molecule has 1 fully saturated rings. The number of hydrogen-bond donors (Lipinski definition) is 0. The Labute approximate surface area is 170 Å². The van der Waals surface area contributed by atoms with E-state index in [2.05, 4.69) is 4.90 Å². The Morgan fingerprint density at radius 1 is 1.18 bits per heavy atom. The molecular weight excluding hydrogens is 398 g/mol. The van der Waals surface area contributed by atoms with Crippen molar-refractivity contribution in [2.24, 2.45) is 0 Å². The van der Waals surface area contributed by atoms with Crippen molar-refractivity contribution in [1.29, 1.82) is 0 Å². The predicted octanol–water partition coefficient (Wildman–Crippen LogP) is 3.51. The van der Waals surface area contributed by atoms with Crippen molar-refractivity contribution in [3.05, 3.63) is 64.2 Å². The van der Waals surface area contributed by atoms with Gasteiger partial charge in [0, 0.05) is 30.9 Å². The van der Waals surface area contributed by atoms with Gasteiger partial charge in [-0.2, -0.15) is 0 Å². The highest BCUT2D eigenvalue weighted by molar-refractivity contribution is 7.90. The summed E-state index contributed by atoms with van der Waals surface area (Å²) in [5, 5.41) is 0.654.